The van der Waals surface area contributed by atoms with Crippen molar-refractivity contribution in [2.24, 2.45) is 0 Å². The van der Waals surface area contributed by atoms with Crippen LogP contribution >= 0.6 is 24.8 Å². The second kappa shape index (κ2) is 10.7. The van der Waals surface area contributed by atoms with Crippen molar-refractivity contribution in [1.29, 1.82) is 0 Å². The Kier molecular flexibility index (Phi) is 9.22. The van der Waals surface area contributed by atoms with E-state index in [1.165, 1.54) is 17.4 Å². The van der Waals surface area contributed by atoms with Crippen molar-refractivity contribution in [3.63, 3.8) is 0 Å². The van der Waals surface area contributed by atoms with Gasteiger partial charge in [-0.2, -0.15) is 13.2 Å². The van der Waals surface area contributed by atoms with Gasteiger partial charge in [0.25, 0.3) is 5.91 Å². The number of amides is 1. The molecule has 1 saturated heterocycles. The zero-order valence-corrected chi connectivity index (χ0v) is 16.5. The number of alkyl halides is 3. The lowest BCUT2D eigenvalue weighted by Crippen LogP contribution is -2.57. The molecule has 1 aromatic carbocycles. The van der Waals surface area contributed by atoms with Crippen molar-refractivity contribution < 1.29 is 18.0 Å². The number of imidazole rings is 1. The van der Waals surface area contributed by atoms with E-state index in [0.717, 1.165) is 0 Å². The van der Waals surface area contributed by atoms with Crippen LogP contribution in [0.2, 0.25) is 0 Å². The third-order valence-corrected chi connectivity index (χ3v) is 4.33. The van der Waals surface area contributed by atoms with Gasteiger partial charge in [0.2, 0.25) is 0 Å². The highest BCUT2D eigenvalue weighted by atomic mass is 35.5. The van der Waals surface area contributed by atoms with Gasteiger partial charge in [-0.1, -0.05) is 18.2 Å². The molecule has 0 aliphatic carbocycles. The van der Waals surface area contributed by atoms with Crippen LogP contribution in [0.5, 0.6) is 0 Å². The highest BCUT2D eigenvalue weighted by Crippen LogP contribution is 2.25. The number of carbonyl (C=O) groups is 1. The van der Waals surface area contributed by atoms with Gasteiger partial charge in [-0.3, -0.25) is 14.3 Å². The summed E-state index contributed by atoms with van der Waals surface area (Å²) in [6, 6.07) is 7.32. The summed E-state index contributed by atoms with van der Waals surface area (Å²) in [6.07, 6.45) is -1.61. The number of benzene rings is 1. The van der Waals surface area contributed by atoms with Crippen LogP contribution in [0.3, 0.4) is 0 Å². The lowest BCUT2D eigenvalue weighted by Gasteiger charge is -2.35. The van der Waals surface area contributed by atoms with Crippen molar-refractivity contribution >= 4 is 30.7 Å². The molecule has 0 spiro atoms. The first kappa shape index (κ1) is 24.2. The van der Waals surface area contributed by atoms with E-state index in [-0.39, 0.29) is 30.5 Å². The number of piperazine rings is 1. The molecule has 1 atom stereocenters. The van der Waals surface area contributed by atoms with Gasteiger partial charge in [-0.25, -0.2) is 4.98 Å². The number of rotatable bonds is 5. The zero-order valence-electron chi connectivity index (χ0n) is 14.9. The number of para-hydroxylation sites is 1. The zero-order chi connectivity index (χ0) is 18.6. The normalized spacial score (nSPS) is 15.8. The van der Waals surface area contributed by atoms with Crippen molar-refractivity contribution in [2.75, 3.05) is 32.7 Å². The number of halogens is 5. The molecule has 3 rings (SSSR count). The fourth-order valence-electron chi connectivity index (χ4n) is 2.98. The van der Waals surface area contributed by atoms with Crippen LogP contribution in [0.1, 0.15) is 10.5 Å². The molecule has 11 heteroatoms. The van der Waals surface area contributed by atoms with Crippen LogP contribution in [0.15, 0.2) is 42.9 Å². The van der Waals surface area contributed by atoms with E-state index in [4.69, 9.17) is 0 Å². The lowest BCUT2D eigenvalue weighted by atomic mass is 10.2. The van der Waals surface area contributed by atoms with Gasteiger partial charge in [0.05, 0.1) is 12.5 Å². The molecule has 6 nitrogen and oxygen atoms in total. The molecule has 156 valence electrons. The van der Waals surface area contributed by atoms with Gasteiger partial charge >= 0.3 is 6.18 Å². The van der Waals surface area contributed by atoms with Gasteiger partial charge in [0.15, 0.2) is 0 Å². The van der Waals surface area contributed by atoms with Crippen molar-refractivity contribution in [3.05, 3.63) is 48.5 Å². The Bertz CT molecular complexity index is 736. The molecule has 2 heterocycles. The second-order valence-electron chi connectivity index (χ2n) is 6.04. The number of carbonyl (C=O) groups excluding carboxylic acids is 1. The van der Waals surface area contributed by atoms with Crippen LogP contribution in [0.25, 0.3) is 5.69 Å². The van der Waals surface area contributed by atoms with E-state index < -0.39 is 24.7 Å². The molecule has 0 saturated carbocycles. The number of hydrogen-bond donors (Lipinski definition) is 2. The number of nitrogens with zero attached hydrogens (tertiary/aromatic N) is 3. The molecule has 1 unspecified atom stereocenters. The first-order valence-electron chi connectivity index (χ1n) is 8.34. The maximum Gasteiger partial charge on any atom is 0.405 e. The summed E-state index contributed by atoms with van der Waals surface area (Å²) in [7, 11) is 0. The van der Waals surface area contributed by atoms with Crippen LogP contribution in [0, 0.1) is 0 Å². The number of nitrogens with one attached hydrogen (secondary N) is 2. The third kappa shape index (κ3) is 5.84. The SMILES string of the molecule is Cl.Cl.O=C(NCC(N1CCNCC1)C(F)(F)F)c1cncn1-c1ccccc1. The Morgan fingerprint density at radius 3 is 2.43 bits per heavy atom. The Labute approximate surface area is 173 Å². The summed E-state index contributed by atoms with van der Waals surface area (Å²) >= 11 is 0. The second-order valence-corrected chi connectivity index (χ2v) is 6.04. The fraction of sp³-hybridized carbons (Fsp3) is 0.412. The van der Waals surface area contributed by atoms with Gasteiger partial charge in [-0.05, 0) is 12.1 Å². The summed E-state index contributed by atoms with van der Waals surface area (Å²) in [5.74, 6) is -0.587. The monoisotopic (exact) mass is 439 g/mol. The summed E-state index contributed by atoms with van der Waals surface area (Å²) < 4.78 is 41.8. The van der Waals surface area contributed by atoms with Crippen LogP contribution < -0.4 is 10.6 Å². The largest absolute Gasteiger partial charge is 0.405 e. The highest BCUT2D eigenvalue weighted by Gasteiger charge is 2.43. The van der Waals surface area contributed by atoms with E-state index >= 15 is 0 Å². The summed E-state index contributed by atoms with van der Waals surface area (Å²) in [5, 5.41) is 5.44. The smallest absolute Gasteiger partial charge is 0.349 e. The fourth-order valence-corrected chi connectivity index (χ4v) is 2.98. The van der Waals surface area contributed by atoms with Gasteiger partial charge in [0, 0.05) is 38.4 Å². The third-order valence-electron chi connectivity index (χ3n) is 4.33. The van der Waals surface area contributed by atoms with Crippen molar-refractivity contribution in [1.82, 2.24) is 25.1 Å². The van der Waals surface area contributed by atoms with Gasteiger partial charge < -0.3 is 10.6 Å². The average Bonchev–Trinajstić information content (AvgIpc) is 3.12. The molecule has 2 N–H and O–H groups in total. The van der Waals surface area contributed by atoms with E-state index in [1.54, 1.807) is 28.8 Å². The van der Waals surface area contributed by atoms with E-state index in [9.17, 15) is 18.0 Å². The molecular formula is C17H22Cl2F3N5O. The Hall–Kier alpha value is -1.81. The highest BCUT2D eigenvalue weighted by molar-refractivity contribution is 5.93. The standard InChI is InChI=1S/C17H20F3N5O.2ClH/c18-17(19,20)15(24-8-6-21-7-9-24)11-23-16(26)14-10-22-12-25(14)13-4-2-1-3-5-13;;/h1-5,10,12,15,21H,6-9,11H2,(H,23,26);2*1H. The minimum absolute atomic E-state index is 0. The molecule has 1 aromatic heterocycles. The van der Waals surface area contributed by atoms with Crippen molar-refractivity contribution in [2.45, 2.75) is 12.2 Å². The number of aromatic nitrogens is 2. The summed E-state index contributed by atoms with van der Waals surface area (Å²) in [6.45, 7) is 1.09. The molecule has 1 fully saturated rings. The van der Waals surface area contributed by atoms with Gasteiger partial charge in [-0.15, -0.1) is 24.8 Å². The average molecular weight is 440 g/mol. The summed E-state index contributed by atoms with van der Waals surface area (Å²) in [4.78, 5) is 17.7. The Morgan fingerprint density at radius 1 is 1.18 bits per heavy atom. The van der Waals surface area contributed by atoms with E-state index in [0.29, 0.717) is 31.9 Å². The minimum atomic E-state index is -4.41. The minimum Gasteiger partial charge on any atom is -0.349 e. The first-order valence-corrected chi connectivity index (χ1v) is 8.34. The van der Waals surface area contributed by atoms with Crippen molar-refractivity contribution in [3.8, 4) is 5.69 Å². The summed E-state index contributed by atoms with van der Waals surface area (Å²) in [5.41, 5.74) is 0.905. The quantitative estimate of drug-likeness (QED) is 0.749. The molecular weight excluding hydrogens is 418 g/mol. The molecule has 2 aromatic rings. The maximum atomic E-state index is 13.4. The Morgan fingerprint density at radius 2 is 1.82 bits per heavy atom. The van der Waals surface area contributed by atoms with Gasteiger partial charge in [0.1, 0.15) is 11.7 Å². The molecule has 1 aliphatic rings. The molecule has 0 bridgehead atoms. The Balaban J connectivity index is 0.00000196. The number of hydrogen-bond acceptors (Lipinski definition) is 4. The predicted molar refractivity (Wildman–Crippen MR) is 105 cm³/mol. The van der Waals surface area contributed by atoms with Crippen LogP contribution in [0.4, 0.5) is 13.2 Å². The topological polar surface area (TPSA) is 62.2 Å². The molecule has 1 aliphatic heterocycles. The van der Waals surface area contributed by atoms with E-state index in [1.807, 2.05) is 6.07 Å². The van der Waals surface area contributed by atoms with Crippen LogP contribution in [-0.2, 0) is 0 Å². The van der Waals surface area contributed by atoms with E-state index in [2.05, 4.69) is 15.6 Å². The first-order chi connectivity index (χ1) is 12.5. The molecule has 1 amide bonds. The lowest BCUT2D eigenvalue weighted by molar-refractivity contribution is -0.183. The maximum absolute atomic E-state index is 13.4. The van der Waals surface area contributed by atoms with Crippen LogP contribution in [-0.4, -0.2) is 65.3 Å². The molecule has 0 radical (unpaired) electrons. The predicted octanol–water partition coefficient (Wildman–Crippen LogP) is 2.28. The molecule has 28 heavy (non-hydrogen) atoms.